The summed E-state index contributed by atoms with van der Waals surface area (Å²) in [6.07, 6.45) is 0.778. The molecule has 4 nitrogen and oxygen atoms in total. The zero-order valence-electron chi connectivity index (χ0n) is 9.73. The Morgan fingerprint density at radius 1 is 1.40 bits per heavy atom. The second kappa shape index (κ2) is 4.39. The molecular formula is C10H21NO3S. The lowest BCUT2D eigenvalue weighted by Gasteiger charge is -2.23. The summed E-state index contributed by atoms with van der Waals surface area (Å²) in [6.45, 7) is 6.89. The fraction of sp³-hybridized carbons (Fsp3) is 1.00. The minimum Gasteiger partial charge on any atom is -0.396 e. The molecule has 5 heteroatoms. The van der Waals surface area contributed by atoms with E-state index in [1.165, 1.54) is 4.31 Å². The second-order valence-corrected chi connectivity index (χ2v) is 7.48. The summed E-state index contributed by atoms with van der Waals surface area (Å²) in [6, 6.07) is 0. The average Bonchev–Trinajstić information content (AvgIpc) is 2.47. The molecule has 1 aliphatic rings. The number of hydrogen-bond acceptors (Lipinski definition) is 3. The molecule has 1 aliphatic heterocycles. The Hall–Kier alpha value is -0.130. The fourth-order valence-corrected chi connectivity index (χ4v) is 3.94. The van der Waals surface area contributed by atoms with Gasteiger partial charge in [0.2, 0.25) is 10.0 Å². The van der Waals surface area contributed by atoms with Crippen molar-refractivity contribution in [2.45, 2.75) is 27.2 Å². The maximum Gasteiger partial charge on any atom is 0.214 e. The molecule has 1 saturated heterocycles. The minimum atomic E-state index is -3.14. The Balaban J connectivity index is 2.64. The van der Waals surface area contributed by atoms with Crippen molar-refractivity contribution in [2.75, 3.05) is 25.4 Å². The molecule has 0 aromatic rings. The topological polar surface area (TPSA) is 57.6 Å². The maximum absolute atomic E-state index is 12.0. The SMILES string of the molecule is CC(C)(C)CS(=O)(=O)N1CCC(CO)C1. The first-order chi connectivity index (χ1) is 6.74. The van der Waals surface area contributed by atoms with Crippen LogP contribution in [-0.2, 0) is 10.0 Å². The van der Waals surface area contributed by atoms with E-state index in [0.717, 1.165) is 6.42 Å². The van der Waals surface area contributed by atoms with Gasteiger partial charge in [-0.05, 0) is 17.8 Å². The Kier molecular flexibility index (Phi) is 3.79. The number of hydrogen-bond donors (Lipinski definition) is 1. The van der Waals surface area contributed by atoms with Gasteiger partial charge in [0.15, 0.2) is 0 Å². The van der Waals surface area contributed by atoms with Crippen LogP contribution < -0.4 is 0 Å². The molecule has 0 bridgehead atoms. The molecular weight excluding hydrogens is 214 g/mol. The van der Waals surface area contributed by atoms with Crippen LogP contribution in [0.15, 0.2) is 0 Å². The lowest BCUT2D eigenvalue weighted by Crippen LogP contribution is -2.35. The van der Waals surface area contributed by atoms with Crippen molar-refractivity contribution in [3.05, 3.63) is 0 Å². The first-order valence-electron chi connectivity index (χ1n) is 5.33. The summed E-state index contributed by atoms with van der Waals surface area (Å²) in [4.78, 5) is 0. The fourth-order valence-electron chi connectivity index (χ4n) is 1.84. The van der Waals surface area contributed by atoms with Crippen molar-refractivity contribution in [3.8, 4) is 0 Å². The smallest absolute Gasteiger partial charge is 0.214 e. The maximum atomic E-state index is 12.0. The zero-order chi connectivity index (χ0) is 11.7. The Bertz CT molecular complexity index is 305. The number of aliphatic hydroxyl groups excluding tert-OH is 1. The molecule has 1 fully saturated rings. The largest absolute Gasteiger partial charge is 0.396 e. The summed E-state index contributed by atoms with van der Waals surface area (Å²) < 4.78 is 25.4. The molecule has 0 aromatic carbocycles. The van der Waals surface area contributed by atoms with E-state index in [0.29, 0.717) is 13.1 Å². The highest BCUT2D eigenvalue weighted by Crippen LogP contribution is 2.24. The zero-order valence-corrected chi connectivity index (χ0v) is 10.5. The van der Waals surface area contributed by atoms with Gasteiger partial charge in [-0.1, -0.05) is 20.8 Å². The molecule has 0 spiro atoms. The lowest BCUT2D eigenvalue weighted by molar-refractivity contribution is 0.233. The van der Waals surface area contributed by atoms with E-state index in [2.05, 4.69) is 0 Å². The molecule has 0 amide bonds. The summed E-state index contributed by atoms with van der Waals surface area (Å²) in [5, 5.41) is 8.96. The molecule has 1 atom stereocenters. The number of aliphatic hydroxyl groups is 1. The van der Waals surface area contributed by atoms with Gasteiger partial charge in [0.25, 0.3) is 0 Å². The molecule has 90 valence electrons. The third-order valence-electron chi connectivity index (χ3n) is 2.52. The van der Waals surface area contributed by atoms with Gasteiger partial charge in [0.1, 0.15) is 0 Å². The summed E-state index contributed by atoms with van der Waals surface area (Å²) in [5.41, 5.74) is -0.212. The number of sulfonamides is 1. The van der Waals surface area contributed by atoms with E-state index in [9.17, 15) is 8.42 Å². The molecule has 0 saturated carbocycles. The van der Waals surface area contributed by atoms with Crippen LogP contribution in [0.5, 0.6) is 0 Å². The minimum absolute atomic E-state index is 0.0849. The van der Waals surface area contributed by atoms with Gasteiger partial charge in [0.05, 0.1) is 5.75 Å². The molecule has 1 unspecified atom stereocenters. The molecule has 0 aliphatic carbocycles. The number of nitrogens with zero attached hydrogens (tertiary/aromatic N) is 1. The summed E-state index contributed by atoms with van der Waals surface area (Å²) >= 11 is 0. The quantitative estimate of drug-likeness (QED) is 0.782. The van der Waals surface area contributed by atoms with Crippen LogP contribution in [0.4, 0.5) is 0 Å². The van der Waals surface area contributed by atoms with Crippen LogP contribution in [-0.4, -0.2) is 43.3 Å². The van der Waals surface area contributed by atoms with E-state index in [1.807, 2.05) is 20.8 Å². The first-order valence-corrected chi connectivity index (χ1v) is 6.94. The van der Waals surface area contributed by atoms with Gasteiger partial charge in [-0.15, -0.1) is 0 Å². The molecule has 15 heavy (non-hydrogen) atoms. The van der Waals surface area contributed by atoms with E-state index in [-0.39, 0.29) is 23.7 Å². The van der Waals surface area contributed by atoms with Crippen LogP contribution in [0, 0.1) is 11.3 Å². The van der Waals surface area contributed by atoms with Crippen molar-refractivity contribution in [2.24, 2.45) is 11.3 Å². The van der Waals surface area contributed by atoms with Gasteiger partial charge in [-0.2, -0.15) is 0 Å². The summed E-state index contributed by atoms with van der Waals surface area (Å²) in [7, 11) is -3.14. The predicted molar refractivity (Wildman–Crippen MR) is 60.0 cm³/mol. The molecule has 0 radical (unpaired) electrons. The highest BCUT2D eigenvalue weighted by atomic mass is 32.2. The van der Waals surface area contributed by atoms with Crippen molar-refractivity contribution < 1.29 is 13.5 Å². The highest BCUT2D eigenvalue weighted by molar-refractivity contribution is 7.89. The van der Waals surface area contributed by atoms with Crippen LogP contribution >= 0.6 is 0 Å². The summed E-state index contributed by atoms with van der Waals surface area (Å²) in [5.74, 6) is 0.303. The van der Waals surface area contributed by atoms with Crippen molar-refractivity contribution in [1.29, 1.82) is 0 Å². The lowest BCUT2D eigenvalue weighted by atomic mass is 10.0. The third kappa shape index (κ3) is 3.74. The third-order valence-corrected chi connectivity index (χ3v) is 4.86. The predicted octanol–water partition coefficient (Wildman–Crippen LogP) is 0.676. The Labute approximate surface area is 92.3 Å². The van der Waals surface area contributed by atoms with Gasteiger partial charge in [-0.25, -0.2) is 12.7 Å². The van der Waals surface area contributed by atoms with Crippen molar-refractivity contribution in [1.82, 2.24) is 4.31 Å². The van der Waals surface area contributed by atoms with Gasteiger partial charge in [-0.3, -0.25) is 0 Å². The van der Waals surface area contributed by atoms with Gasteiger partial charge >= 0.3 is 0 Å². The van der Waals surface area contributed by atoms with Crippen LogP contribution in [0.2, 0.25) is 0 Å². The molecule has 1 rings (SSSR count). The first kappa shape index (κ1) is 12.9. The molecule has 1 heterocycles. The van der Waals surface area contributed by atoms with Gasteiger partial charge < -0.3 is 5.11 Å². The average molecular weight is 235 g/mol. The Morgan fingerprint density at radius 2 is 2.00 bits per heavy atom. The van der Waals surface area contributed by atoms with Gasteiger partial charge in [0, 0.05) is 19.7 Å². The normalized spacial score (nSPS) is 24.7. The van der Waals surface area contributed by atoms with Crippen molar-refractivity contribution in [3.63, 3.8) is 0 Å². The van der Waals surface area contributed by atoms with Crippen molar-refractivity contribution >= 4 is 10.0 Å². The molecule has 0 aromatic heterocycles. The number of rotatable bonds is 3. The van der Waals surface area contributed by atoms with Crippen LogP contribution in [0.1, 0.15) is 27.2 Å². The Morgan fingerprint density at radius 3 is 2.40 bits per heavy atom. The van der Waals surface area contributed by atoms with Crippen LogP contribution in [0.3, 0.4) is 0 Å². The van der Waals surface area contributed by atoms with E-state index < -0.39 is 10.0 Å². The highest BCUT2D eigenvalue weighted by Gasteiger charge is 2.33. The second-order valence-electron chi connectivity index (χ2n) is 5.51. The van der Waals surface area contributed by atoms with E-state index >= 15 is 0 Å². The van der Waals surface area contributed by atoms with E-state index in [4.69, 9.17) is 5.11 Å². The van der Waals surface area contributed by atoms with E-state index in [1.54, 1.807) is 0 Å². The van der Waals surface area contributed by atoms with Crippen LogP contribution in [0.25, 0.3) is 0 Å². The molecule has 1 N–H and O–H groups in total. The standard InChI is InChI=1S/C10H21NO3S/c1-10(2,3)8-15(13,14)11-5-4-9(6-11)7-12/h9,12H,4-8H2,1-3H3. The monoisotopic (exact) mass is 235 g/mol.